The lowest BCUT2D eigenvalue weighted by molar-refractivity contribution is -0.126. The van der Waals surface area contributed by atoms with E-state index >= 15 is 0 Å². The van der Waals surface area contributed by atoms with Gasteiger partial charge in [-0.1, -0.05) is 68.0 Å². The SMILES string of the molecule is C=CCC(c1ccccc1)C(CC(C)C)C(=O)NN.Cc1ccc(S(=O)(=O)O)cc1. The molecule has 0 saturated carbocycles. The van der Waals surface area contributed by atoms with Gasteiger partial charge in [-0.05, 0) is 49.3 Å². The molecule has 0 fully saturated rings. The van der Waals surface area contributed by atoms with Crippen molar-refractivity contribution in [2.75, 3.05) is 0 Å². The van der Waals surface area contributed by atoms with Gasteiger partial charge in [0.1, 0.15) is 0 Å². The quantitative estimate of drug-likeness (QED) is 0.190. The lowest BCUT2D eigenvalue weighted by atomic mass is 9.79. The molecular weight excluding hydrogens is 400 g/mol. The van der Waals surface area contributed by atoms with Crippen LogP contribution in [-0.4, -0.2) is 18.9 Å². The van der Waals surface area contributed by atoms with Crippen LogP contribution in [0.3, 0.4) is 0 Å². The van der Waals surface area contributed by atoms with Crippen molar-refractivity contribution in [3.8, 4) is 0 Å². The van der Waals surface area contributed by atoms with E-state index in [-0.39, 0.29) is 22.6 Å². The Kier molecular flexibility index (Phi) is 10.5. The van der Waals surface area contributed by atoms with Crippen LogP contribution < -0.4 is 11.3 Å². The van der Waals surface area contributed by atoms with Crippen LogP contribution >= 0.6 is 0 Å². The molecule has 2 rings (SSSR count). The number of carbonyl (C=O) groups is 1. The zero-order valence-electron chi connectivity index (χ0n) is 17.8. The third kappa shape index (κ3) is 8.49. The average molecular weight is 433 g/mol. The zero-order chi connectivity index (χ0) is 22.7. The molecule has 0 saturated heterocycles. The molecule has 0 aliphatic carbocycles. The van der Waals surface area contributed by atoms with Crippen LogP contribution in [0.4, 0.5) is 0 Å². The van der Waals surface area contributed by atoms with Crippen molar-refractivity contribution in [2.45, 2.75) is 44.4 Å². The van der Waals surface area contributed by atoms with Crippen LogP contribution in [0.25, 0.3) is 0 Å². The molecule has 0 radical (unpaired) electrons. The number of hydrogen-bond donors (Lipinski definition) is 3. The molecule has 0 heterocycles. The molecule has 0 aliphatic rings. The van der Waals surface area contributed by atoms with Gasteiger partial charge in [-0.25, -0.2) is 5.84 Å². The van der Waals surface area contributed by atoms with Crippen LogP contribution in [0.2, 0.25) is 0 Å². The van der Waals surface area contributed by atoms with Crippen molar-refractivity contribution in [3.05, 3.63) is 78.4 Å². The molecule has 6 nitrogen and oxygen atoms in total. The van der Waals surface area contributed by atoms with Gasteiger partial charge in [0, 0.05) is 5.92 Å². The Morgan fingerprint density at radius 2 is 1.70 bits per heavy atom. The van der Waals surface area contributed by atoms with Gasteiger partial charge in [0.2, 0.25) is 5.91 Å². The summed E-state index contributed by atoms with van der Waals surface area (Å²) < 4.78 is 29.6. The lowest BCUT2D eigenvalue weighted by Gasteiger charge is -2.26. The number of amides is 1. The minimum atomic E-state index is -4.02. The normalized spacial score (nSPS) is 13.0. The summed E-state index contributed by atoms with van der Waals surface area (Å²) >= 11 is 0. The van der Waals surface area contributed by atoms with E-state index in [2.05, 4.69) is 38.0 Å². The molecule has 0 bridgehead atoms. The second-order valence-electron chi connectivity index (χ2n) is 7.57. The van der Waals surface area contributed by atoms with Crippen molar-refractivity contribution in [2.24, 2.45) is 17.7 Å². The maximum Gasteiger partial charge on any atom is 0.294 e. The zero-order valence-corrected chi connectivity index (χ0v) is 18.6. The van der Waals surface area contributed by atoms with Crippen LogP contribution in [-0.2, 0) is 14.9 Å². The van der Waals surface area contributed by atoms with Crippen molar-refractivity contribution < 1.29 is 17.8 Å². The van der Waals surface area contributed by atoms with E-state index in [1.54, 1.807) is 12.1 Å². The molecule has 4 N–H and O–H groups in total. The van der Waals surface area contributed by atoms with Crippen LogP contribution in [0.1, 0.15) is 43.7 Å². The number of rotatable bonds is 8. The van der Waals surface area contributed by atoms with E-state index < -0.39 is 10.1 Å². The lowest BCUT2D eigenvalue weighted by Crippen LogP contribution is -2.39. The largest absolute Gasteiger partial charge is 0.294 e. The number of benzene rings is 2. The number of nitrogens with two attached hydrogens (primary N) is 1. The van der Waals surface area contributed by atoms with E-state index in [0.717, 1.165) is 24.0 Å². The smallest absolute Gasteiger partial charge is 0.294 e. The summed E-state index contributed by atoms with van der Waals surface area (Å²) in [6, 6.07) is 16.1. The molecule has 2 atom stereocenters. The van der Waals surface area contributed by atoms with Crippen LogP contribution in [0.15, 0.2) is 72.1 Å². The van der Waals surface area contributed by atoms with Gasteiger partial charge in [-0.3, -0.25) is 14.8 Å². The Morgan fingerprint density at radius 3 is 2.13 bits per heavy atom. The number of hydrogen-bond acceptors (Lipinski definition) is 4. The average Bonchev–Trinajstić information content (AvgIpc) is 2.70. The molecule has 0 aromatic heterocycles. The summed E-state index contributed by atoms with van der Waals surface area (Å²) in [4.78, 5) is 12.0. The highest BCUT2D eigenvalue weighted by Gasteiger charge is 2.28. The standard InChI is InChI=1S/C16H24N2O.C7H8O3S/c1-4-8-14(13-9-6-5-7-10-13)15(11-12(2)3)16(19)18-17;1-6-2-4-7(5-3-6)11(8,9)10/h4-7,9-10,12,14-15H,1,8,11,17H2,2-3H3,(H,18,19);2-5H,1H3,(H,8,9,10). The highest BCUT2D eigenvalue weighted by atomic mass is 32.2. The third-order valence-corrected chi connectivity index (χ3v) is 5.53. The number of nitrogens with one attached hydrogen (secondary N) is 1. The summed E-state index contributed by atoms with van der Waals surface area (Å²) in [5.74, 6) is 5.69. The van der Waals surface area contributed by atoms with E-state index in [4.69, 9.17) is 10.4 Å². The summed E-state index contributed by atoms with van der Waals surface area (Å²) in [7, 11) is -4.02. The maximum atomic E-state index is 12.1. The predicted octanol–water partition coefficient (Wildman–Crippen LogP) is 4.24. The molecule has 7 heteroatoms. The number of aryl methyl sites for hydroxylation is 1. The Morgan fingerprint density at radius 1 is 1.13 bits per heavy atom. The molecule has 2 aromatic rings. The molecule has 0 spiro atoms. The fraction of sp³-hybridized carbons (Fsp3) is 0.348. The van der Waals surface area contributed by atoms with Crippen molar-refractivity contribution >= 4 is 16.0 Å². The van der Waals surface area contributed by atoms with E-state index in [1.165, 1.54) is 12.1 Å². The van der Waals surface area contributed by atoms with Crippen molar-refractivity contribution in [1.29, 1.82) is 0 Å². The fourth-order valence-corrected chi connectivity index (χ4v) is 3.67. The second-order valence-corrected chi connectivity index (χ2v) is 9.00. The molecule has 2 aromatic carbocycles. The molecular formula is C23H32N2O4S. The van der Waals surface area contributed by atoms with E-state index in [1.807, 2.05) is 31.2 Å². The summed E-state index contributed by atoms with van der Waals surface area (Å²) in [6.45, 7) is 9.89. The summed E-state index contributed by atoms with van der Waals surface area (Å²) in [6.07, 6.45) is 3.46. The first-order valence-electron chi connectivity index (χ1n) is 9.80. The maximum absolute atomic E-state index is 12.1. The number of allylic oxidation sites excluding steroid dienone is 1. The highest BCUT2D eigenvalue weighted by molar-refractivity contribution is 7.85. The first kappa shape index (κ1) is 25.6. The second kappa shape index (κ2) is 12.3. The molecule has 164 valence electrons. The number of carbonyl (C=O) groups excluding carboxylic acids is 1. The first-order valence-corrected chi connectivity index (χ1v) is 11.2. The minimum Gasteiger partial charge on any atom is -0.294 e. The van der Waals surface area contributed by atoms with Crippen LogP contribution in [0.5, 0.6) is 0 Å². The van der Waals surface area contributed by atoms with Gasteiger partial charge < -0.3 is 0 Å². The van der Waals surface area contributed by atoms with Crippen molar-refractivity contribution in [3.63, 3.8) is 0 Å². The van der Waals surface area contributed by atoms with Crippen LogP contribution in [0, 0.1) is 18.8 Å². The van der Waals surface area contributed by atoms with Gasteiger partial charge in [-0.15, -0.1) is 6.58 Å². The summed E-state index contributed by atoms with van der Waals surface area (Å²) in [5, 5.41) is 0. The van der Waals surface area contributed by atoms with Gasteiger partial charge >= 0.3 is 0 Å². The Bertz CT molecular complexity index is 895. The van der Waals surface area contributed by atoms with Gasteiger partial charge in [0.25, 0.3) is 10.1 Å². The summed E-state index contributed by atoms with van der Waals surface area (Å²) in [5.41, 5.74) is 4.43. The topological polar surface area (TPSA) is 109 Å². The van der Waals surface area contributed by atoms with Gasteiger partial charge in [-0.2, -0.15) is 8.42 Å². The minimum absolute atomic E-state index is 0.0666. The molecule has 1 amide bonds. The van der Waals surface area contributed by atoms with E-state index in [0.29, 0.717) is 5.92 Å². The molecule has 30 heavy (non-hydrogen) atoms. The molecule has 2 unspecified atom stereocenters. The Hall–Kier alpha value is -2.48. The Labute approximate surface area is 179 Å². The Balaban J connectivity index is 0.000000346. The van der Waals surface area contributed by atoms with Crippen molar-refractivity contribution in [1.82, 2.24) is 5.43 Å². The highest BCUT2D eigenvalue weighted by Crippen LogP contribution is 2.33. The predicted molar refractivity (Wildman–Crippen MR) is 120 cm³/mol. The third-order valence-electron chi connectivity index (χ3n) is 4.66. The van der Waals surface area contributed by atoms with Gasteiger partial charge in [0.05, 0.1) is 4.90 Å². The monoisotopic (exact) mass is 432 g/mol. The number of hydrazine groups is 1. The first-order chi connectivity index (χ1) is 14.1. The molecule has 0 aliphatic heterocycles. The fourth-order valence-electron chi connectivity index (χ4n) is 3.19. The van der Waals surface area contributed by atoms with E-state index in [9.17, 15) is 13.2 Å². The van der Waals surface area contributed by atoms with Gasteiger partial charge in [0.15, 0.2) is 0 Å².